The molecule has 7 heteroatoms. The minimum absolute atomic E-state index is 0. The third kappa shape index (κ3) is 5.51. The molecule has 0 aromatic heterocycles. The van der Waals surface area contributed by atoms with Crippen molar-refractivity contribution in [1.29, 1.82) is 0 Å². The first-order chi connectivity index (χ1) is 15.9. The highest BCUT2D eigenvalue weighted by Crippen LogP contribution is 2.40. The molecule has 3 atom stereocenters. The van der Waals surface area contributed by atoms with Crippen LogP contribution in [-0.4, -0.2) is 30.8 Å². The second kappa shape index (κ2) is 10.9. The normalized spacial score (nSPS) is 17.6. The molecule has 4 rings (SSSR count). The highest BCUT2D eigenvalue weighted by atomic mass is 35.5. The van der Waals surface area contributed by atoms with Gasteiger partial charge in [0.25, 0.3) is 0 Å². The summed E-state index contributed by atoms with van der Waals surface area (Å²) in [6.07, 6.45) is 0.606. The van der Waals surface area contributed by atoms with Gasteiger partial charge in [-0.05, 0) is 67.3 Å². The number of methoxy groups -OCH3 is 1. The van der Waals surface area contributed by atoms with Crippen molar-refractivity contribution in [2.45, 2.75) is 38.3 Å². The van der Waals surface area contributed by atoms with E-state index in [1.807, 2.05) is 38.1 Å². The molecule has 1 unspecified atom stereocenters. The van der Waals surface area contributed by atoms with Crippen molar-refractivity contribution in [3.05, 3.63) is 94.3 Å². The molecular formula is C27H29ClFNO4. The third-order valence-corrected chi connectivity index (χ3v) is 6.16. The van der Waals surface area contributed by atoms with Crippen LogP contribution in [0.15, 0.2) is 60.7 Å². The topological polar surface area (TPSA) is 67.8 Å². The Balaban J connectivity index is 0.00000324. The monoisotopic (exact) mass is 485 g/mol. The number of rotatable bonds is 7. The summed E-state index contributed by atoms with van der Waals surface area (Å²) in [5.74, 6) is -0.252. The van der Waals surface area contributed by atoms with Crippen LogP contribution in [-0.2, 0) is 0 Å². The van der Waals surface area contributed by atoms with Crippen LogP contribution in [0.5, 0.6) is 11.5 Å². The predicted octanol–water partition coefficient (Wildman–Crippen LogP) is 5.90. The van der Waals surface area contributed by atoms with Crippen LogP contribution >= 0.6 is 12.4 Å². The minimum Gasteiger partial charge on any atom is -0.494 e. The fourth-order valence-corrected chi connectivity index (χ4v) is 4.44. The second-order valence-electron chi connectivity index (χ2n) is 8.53. The van der Waals surface area contributed by atoms with Crippen molar-refractivity contribution >= 4 is 18.4 Å². The molecular weight excluding hydrogens is 457 g/mol. The Morgan fingerprint density at radius 3 is 2.71 bits per heavy atom. The number of aromatic carboxylic acids is 1. The Hall–Kier alpha value is -3.09. The summed E-state index contributed by atoms with van der Waals surface area (Å²) in [5.41, 5.74) is 4.17. The average molecular weight is 486 g/mol. The maximum absolute atomic E-state index is 13.8. The summed E-state index contributed by atoms with van der Waals surface area (Å²) in [6, 6.07) is 18.2. The van der Waals surface area contributed by atoms with E-state index in [1.165, 1.54) is 13.2 Å². The maximum atomic E-state index is 13.8. The van der Waals surface area contributed by atoms with Gasteiger partial charge in [0, 0.05) is 24.1 Å². The number of hydrogen-bond donors (Lipinski definition) is 2. The molecule has 0 amide bonds. The molecule has 2 N–H and O–H groups in total. The third-order valence-electron chi connectivity index (χ3n) is 6.16. The molecule has 0 aliphatic carbocycles. The number of hydrogen-bond acceptors (Lipinski definition) is 4. The first-order valence-corrected chi connectivity index (χ1v) is 11.0. The van der Waals surface area contributed by atoms with Gasteiger partial charge in [-0.15, -0.1) is 12.4 Å². The summed E-state index contributed by atoms with van der Waals surface area (Å²) in [7, 11) is 1.45. The number of halogens is 2. The molecule has 0 fully saturated rings. The first-order valence-electron chi connectivity index (χ1n) is 11.0. The number of fused-ring (bicyclic) bond motifs is 1. The quantitative estimate of drug-likeness (QED) is 0.436. The molecule has 1 heterocycles. The lowest BCUT2D eigenvalue weighted by atomic mass is 9.83. The molecule has 34 heavy (non-hydrogen) atoms. The lowest BCUT2D eigenvalue weighted by molar-refractivity contribution is 0.0696. The van der Waals surface area contributed by atoms with Gasteiger partial charge in [0.15, 0.2) is 11.6 Å². The maximum Gasteiger partial charge on any atom is 0.335 e. The van der Waals surface area contributed by atoms with E-state index in [4.69, 9.17) is 9.47 Å². The zero-order chi connectivity index (χ0) is 23.5. The molecule has 180 valence electrons. The Morgan fingerprint density at radius 2 is 1.97 bits per heavy atom. The van der Waals surface area contributed by atoms with Crippen molar-refractivity contribution in [3.8, 4) is 11.5 Å². The summed E-state index contributed by atoms with van der Waals surface area (Å²) in [4.78, 5) is 11.6. The number of carboxylic acids is 1. The van der Waals surface area contributed by atoms with Crippen LogP contribution < -0.4 is 14.8 Å². The van der Waals surface area contributed by atoms with Gasteiger partial charge in [-0.25, -0.2) is 9.18 Å². The van der Waals surface area contributed by atoms with Crippen molar-refractivity contribution in [3.63, 3.8) is 0 Å². The van der Waals surface area contributed by atoms with Gasteiger partial charge in [-0.1, -0.05) is 30.3 Å². The molecule has 0 radical (unpaired) electrons. The van der Waals surface area contributed by atoms with Crippen LogP contribution in [0, 0.1) is 12.7 Å². The summed E-state index contributed by atoms with van der Waals surface area (Å²) in [5, 5.41) is 13.0. The van der Waals surface area contributed by atoms with Crippen LogP contribution in [0.4, 0.5) is 4.39 Å². The van der Waals surface area contributed by atoms with Crippen molar-refractivity contribution < 1.29 is 23.8 Å². The van der Waals surface area contributed by atoms with E-state index >= 15 is 0 Å². The van der Waals surface area contributed by atoms with Crippen molar-refractivity contribution in [1.82, 2.24) is 5.32 Å². The zero-order valence-electron chi connectivity index (χ0n) is 19.4. The van der Waals surface area contributed by atoms with E-state index in [0.29, 0.717) is 18.5 Å². The van der Waals surface area contributed by atoms with Crippen molar-refractivity contribution in [2.75, 3.05) is 13.7 Å². The lowest BCUT2D eigenvalue weighted by Crippen LogP contribution is -2.37. The molecule has 3 aromatic carbocycles. The largest absolute Gasteiger partial charge is 0.494 e. The van der Waals surface area contributed by atoms with E-state index in [0.717, 1.165) is 28.0 Å². The molecule has 3 aromatic rings. The number of aryl methyl sites for hydroxylation is 1. The summed E-state index contributed by atoms with van der Waals surface area (Å²) < 4.78 is 25.1. The van der Waals surface area contributed by atoms with Crippen molar-refractivity contribution in [2.24, 2.45) is 0 Å². The van der Waals surface area contributed by atoms with Gasteiger partial charge in [-0.2, -0.15) is 0 Å². The fourth-order valence-electron chi connectivity index (χ4n) is 4.44. The van der Waals surface area contributed by atoms with Gasteiger partial charge in [-0.3, -0.25) is 0 Å². The molecule has 5 nitrogen and oxygen atoms in total. The van der Waals surface area contributed by atoms with E-state index < -0.39 is 5.97 Å². The van der Waals surface area contributed by atoms with Gasteiger partial charge in [0.05, 0.1) is 12.7 Å². The Morgan fingerprint density at radius 1 is 1.21 bits per heavy atom. The Labute approximate surface area is 205 Å². The minimum atomic E-state index is -0.929. The number of para-hydroxylation sites is 1. The SMILES string of the molecule is COc1cc(C(C)NC[C@H]2C[C@@H](c3cc(C)cc(C(=O)O)c3)c3ccccc3O2)ccc1F.Cl. The standard InChI is InChI=1S/C27H28FNO4.ClH/c1-16-10-19(12-20(11-16)27(30)31)23-14-21(33-25-7-5-4-6-22(23)25)15-29-17(2)18-8-9-24(28)26(13-18)32-3;/h4-13,17,21,23,29H,14-15H2,1-3H3,(H,30,31);1H/t17?,21-,23+;/m1./s1. The summed E-state index contributed by atoms with van der Waals surface area (Å²) >= 11 is 0. The van der Waals surface area contributed by atoms with Crippen LogP contribution in [0.25, 0.3) is 0 Å². The smallest absolute Gasteiger partial charge is 0.335 e. The van der Waals surface area contributed by atoms with E-state index in [1.54, 1.807) is 24.3 Å². The average Bonchev–Trinajstić information content (AvgIpc) is 2.81. The molecule has 1 aliphatic heterocycles. The lowest BCUT2D eigenvalue weighted by Gasteiger charge is -2.33. The molecule has 1 aliphatic rings. The number of benzene rings is 3. The first kappa shape index (κ1) is 25.5. The molecule has 0 saturated carbocycles. The highest BCUT2D eigenvalue weighted by Gasteiger charge is 2.30. The number of carbonyl (C=O) groups is 1. The van der Waals surface area contributed by atoms with Crippen LogP contribution in [0.2, 0.25) is 0 Å². The number of ether oxygens (including phenoxy) is 2. The van der Waals surface area contributed by atoms with E-state index in [-0.39, 0.29) is 42.0 Å². The molecule has 0 bridgehead atoms. The highest BCUT2D eigenvalue weighted by molar-refractivity contribution is 5.88. The van der Waals surface area contributed by atoms with Crippen LogP contribution in [0.3, 0.4) is 0 Å². The Kier molecular flexibility index (Phi) is 8.18. The van der Waals surface area contributed by atoms with E-state index in [2.05, 4.69) is 11.4 Å². The second-order valence-corrected chi connectivity index (χ2v) is 8.53. The molecule has 0 saturated heterocycles. The number of nitrogens with one attached hydrogen (secondary N) is 1. The van der Waals surface area contributed by atoms with E-state index in [9.17, 15) is 14.3 Å². The fraction of sp³-hybridized carbons (Fsp3) is 0.296. The van der Waals surface area contributed by atoms with Gasteiger partial charge in [0.1, 0.15) is 11.9 Å². The number of carboxylic acid groups (broad SMARTS) is 1. The Bertz CT molecular complexity index is 1170. The molecule has 0 spiro atoms. The van der Waals surface area contributed by atoms with Crippen LogP contribution in [0.1, 0.15) is 57.9 Å². The predicted molar refractivity (Wildman–Crippen MR) is 132 cm³/mol. The zero-order valence-corrected chi connectivity index (χ0v) is 20.2. The van der Waals surface area contributed by atoms with Gasteiger partial charge >= 0.3 is 5.97 Å². The van der Waals surface area contributed by atoms with Gasteiger partial charge < -0.3 is 19.9 Å². The van der Waals surface area contributed by atoms with Gasteiger partial charge in [0.2, 0.25) is 0 Å². The summed E-state index contributed by atoms with van der Waals surface area (Å²) in [6.45, 7) is 4.52.